The zero-order valence-electron chi connectivity index (χ0n) is 11.8. The number of hydrogen-bond acceptors (Lipinski definition) is 4. The van der Waals surface area contributed by atoms with Crippen molar-refractivity contribution in [3.63, 3.8) is 0 Å². The van der Waals surface area contributed by atoms with E-state index in [4.69, 9.17) is 5.73 Å². The quantitative estimate of drug-likeness (QED) is 0.848. The maximum absolute atomic E-state index is 5.97. The fraction of sp³-hybridized carbons (Fsp3) is 0.800. The van der Waals surface area contributed by atoms with Crippen LogP contribution in [0.1, 0.15) is 63.4 Å². The molecule has 4 heteroatoms. The van der Waals surface area contributed by atoms with E-state index < -0.39 is 0 Å². The summed E-state index contributed by atoms with van der Waals surface area (Å²) in [6.45, 7) is 3.48. The van der Waals surface area contributed by atoms with Crippen molar-refractivity contribution in [1.82, 2.24) is 4.37 Å². The average Bonchev–Trinajstić information content (AvgIpc) is 3.15. The highest BCUT2D eigenvalue weighted by atomic mass is 32.1. The number of nitrogens with zero attached hydrogens (tertiary/aromatic N) is 1. The lowest BCUT2D eigenvalue weighted by molar-refractivity contribution is 0.274. The molecule has 19 heavy (non-hydrogen) atoms. The molecule has 2 fully saturated rings. The van der Waals surface area contributed by atoms with E-state index in [0.717, 1.165) is 24.2 Å². The lowest BCUT2D eigenvalue weighted by Gasteiger charge is -2.26. The van der Waals surface area contributed by atoms with Crippen LogP contribution in [0, 0.1) is 11.8 Å². The van der Waals surface area contributed by atoms with Crippen molar-refractivity contribution in [3.8, 4) is 0 Å². The number of nitrogens with one attached hydrogen (secondary N) is 1. The van der Waals surface area contributed by atoms with Gasteiger partial charge in [0.1, 0.15) is 10.8 Å². The van der Waals surface area contributed by atoms with Crippen LogP contribution in [0.5, 0.6) is 0 Å². The first-order valence-electron chi connectivity index (χ1n) is 7.73. The highest BCUT2D eigenvalue weighted by molar-refractivity contribution is 7.10. The largest absolute Gasteiger partial charge is 0.383 e. The second kappa shape index (κ2) is 5.70. The van der Waals surface area contributed by atoms with Gasteiger partial charge in [-0.1, -0.05) is 26.2 Å². The minimum absolute atomic E-state index is 0.691. The number of nitrogens with two attached hydrogens (primary N) is 1. The van der Waals surface area contributed by atoms with Crippen molar-refractivity contribution in [1.29, 1.82) is 0 Å². The monoisotopic (exact) mass is 279 g/mol. The van der Waals surface area contributed by atoms with Crippen LogP contribution < -0.4 is 11.1 Å². The number of anilines is 2. The van der Waals surface area contributed by atoms with Crippen LogP contribution in [-0.2, 0) is 0 Å². The zero-order valence-corrected chi connectivity index (χ0v) is 12.6. The predicted molar refractivity (Wildman–Crippen MR) is 82.7 cm³/mol. The van der Waals surface area contributed by atoms with Gasteiger partial charge in [-0.05, 0) is 55.0 Å². The van der Waals surface area contributed by atoms with Gasteiger partial charge in [0.25, 0.3) is 0 Å². The van der Waals surface area contributed by atoms with E-state index in [-0.39, 0.29) is 0 Å². The maximum atomic E-state index is 5.97. The summed E-state index contributed by atoms with van der Waals surface area (Å²) in [6.07, 6.45) is 9.57. The molecule has 2 saturated carbocycles. The van der Waals surface area contributed by atoms with E-state index in [1.807, 2.05) is 0 Å². The van der Waals surface area contributed by atoms with Gasteiger partial charge in [0.15, 0.2) is 0 Å². The zero-order chi connectivity index (χ0) is 13.2. The Morgan fingerprint density at radius 3 is 2.89 bits per heavy atom. The molecule has 3 rings (SSSR count). The Morgan fingerprint density at radius 1 is 1.32 bits per heavy atom. The molecule has 0 aliphatic heterocycles. The third-order valence-electron chi connectivity index (χ3n) is 4.62. The molecule has 0 aromatic carbocycles. The van der Waals surface area contributed by atoms with Crippen LogP contribution in [0.15, 0.2) is 0 Å². The van der Waals surface area contributed by atoms with Crippen molar-refractivity contribution in [2.24, 2.45) is 11.8 Å². The second-order valence-corrected chi connectivity index (χ2v) is 7.21. The molecule has 2 aliphatic rings. The number of rotatable bonds is 5. The average molecular weight is 279 g/mol. The summed E-state index contributed by atoms with van der Waals surface area (Å²) in [5.74, 6) is 3.31. The fourth-order valence-corrected chi connectivity index (χ4v) is 4.24. The molecular weight excluding hydrogens is 254 g/mol. The van der Waals surface area contributed by atoms with Gasteiger partial charge in [0.2, 0.25) is 0 Å². The van der Waals surface area contributed by atoms with Crippen LogP contribution in [0.2, 0.25) is 0 Å². The van der Waals surface area contributed by atoms with Crippen molar-refractivity contribution in [2.45, 2.75) is 57.8 Å². The van der Waals surface area contributed by atoms with Gasteiger partial charge in [-0.3, -0.25) is 0 Å². The van der Waals surface area contributed by atoms with E-state index >= 15 is 0 Å². The van der Waals surface area contributed by atoms with Crippen LogP contribution >= 0.6 is 11.5 Å². The first kappa shape index (κ1) is 13.2. The summed E-state index contributed by atoms with van der Waals surface area (Å²) >= 11 is 1.55. The molecule has 2 aliphatic carbocycles. The van der Waals surface area contributed by atoms with Crippen molar-refractivity contribution < 1.29 is 0 Å². The lowest BCUT2D eigenvalue weighted by Crippen LogP contribution is -2.16. The molecule has 2 unspecified atom stereocenters. The molecule has 0 bridgehead atoms. The molecule has 0 radical (unpaired) electrons. The number of hydrogen-bond donors (Lipinski definition) is 2. The fourth-order valence-electron chi connectivity index (χ4n) is 3.42. The minimum atomic E-state index is 0.691. The van der Waals surface area contributed by atoms with Crippen LogP contribution in [0.25, 0.3) is 0 Å². The molecule has 1 aromatic rings. The summed E-state index contributed by atoms with van der Waals surface area (Å²) in [4.78, 5) is 0. The third kappa shape index (κ3) is 3.22. The van der Waals surface area contributed by atoms with Gasteiger partial charge in [0, 0.05) is 12.1 Å². The van der Waals surface area contributed by atoms with E-state index in [0.29, 0.717) is 5.92 Å². The summed E-state index contributed by atoms with van der Waals surface area (Å²) < 4.78 is 4.31. The van der Waals surface area contributed by atoms with Crippen molar-refractivity contribution >= 4 is 22.4 Å². The number of aromatic nitrogens is 1. The highest BCUT2D eigenvalue weighted by Crippen LogP contribution is 2.47. The third-order valence-corrected chi connectivity index (χ3v) is 5.46. The molecular formula is C15H25N3S. The topological polar surface area (TPSA) is 50.9 Å². The SMILES string of the molecule is CC1CCCC(CCNc2snc(N)c2C2CC2)C1. The Kier molecular flexibility index (Phi) is 3.96. The van der Waals surface area contributed by atoms with Gasteiger partial charge in [-0.15, -0.1) is 0 Å². The second-order valence-electron chi connectivity index (χ2n) is 6.44. The van der Waals surface area contributed by atoms with Gasteiger partial charge in [0.05, 0.1) is 0 Å². The Bertz CT molecular complexity index is 425. The van der Waals surface area contributed by atoms with Crippen LogP contribution in [-0.4, -0.2) is 10.9 Å². The van der Waals surface area contributed by atoms with Gasteiger partial charge < -0.3 is 11.1 Å². The Hall–Kier alpha value is -0.770. The molecule has 0 saturated heterocycles. The minimum Gasteiger partial charge on any atom is -0.383 e. The normalized spacial score (nSPS) is 27.4. The molecule has 3 nitrogen and oxygen atoms in total. The summed E-state index contributed by atoms with van der Waals surface area (Å²) in [5.41, 5.74) is 7.28. The van der Waals surface area contributed by atoms with E-state index in [1.165, 1.54) is 55.5 Å². The molecule has 106 valence electrons. The first-order chi connectivity index (χ1) is 9.24. The molecule has 1 aromatic heterocycles. The van der Waals surface area contributed by atoms with E-state index in [1.54, 1.807) is 11.5 Å². The van der Waals surface area contributed by atoms with Crippen molar-refractivity contribution in [2.75, 3.05) is 17.6 Å². The van der Waals surface area contributed by atoms with Gasteiger partial charge in [-0.2, -0.15) is 4.37 Å². The molecule has 3 N–H and O–H groups in total. The van der Waals surface area contributed by atoms with E-state index in [2.05, 4.69) is 16.6 Å². The smallest absolute Gasteiger partial charge is 0.142 e. The molecule has 0 spiro atoms. The van der Waals surface area contributed by atoms with Gasteiger partial charge >= 0.3 is 0 Å². The van der Waals surface area contributed by atoms with Gasteiger partial charge in [-0.25, -0.2) is 0 Å². The summed E-state index contributed by atoms with van der Waals surface area (Å²) in [7, 11) is 0. The summed E-state index contributed by atoms with van der Waals surface area (Å²) in [6, 6.07) is 0. The number of nitrogen functional groups attached to an aromatic ring is 1. The predicted octanol–water partition coefficient (Wildman–Crippen LogP) is 4.23. The molecule has 2 atom stereocenters. The Labute approximate surface area is 120 Å². The summed E-state index contributed by atoms with van der Waals surface area (Å²) in [5, 5.41) is 4.83. The Balaban J connectivity index is 1.49. The van der Waals surface area contributed by atoms with Crippen LogP contribution in [0.4, 0.5) is 10.8 Å². The maximum Gasteiger partial charge on any atom is 0.142 e. The first-order valence-corrected chi connectivity index (χ1v) is 8.50. The molecule has 1 heterocycles. The van der Waals surface area contributed by atoms with Crippen molar-refractivity contribution in [3.05, 3.63) is 5.56 Å². The van der Waals surface area contributed by atoms with Crippen LogP contribution in [0.3, 0.4) is 0 Å². The highest BCUT2D eigenvalue weighted by Gasteiger charge is 2.30. The lowest BCUT2D eigenvalue weighted by atomic mass is 9.81. The molecule has 0 amide bonds. The Morgan fingerprint density at radius 2 is 2.16 bits per heavy atom. The van der Waals surface area contributed by atoms with E-state index in [9.17, 15) is 0 Å². The standard InChI is InChI=1S/C15H25N3S/c1-10-3-2-4-11(9-10)7-8-17-15-13(12-5-6-12)14(16)18-19-15/h10-12,17H,2-9H2,1H3,(H2,16,18).